The average Bonchev–Trinajstić information content (AvgIpc) is 2.82. The van der Waals surface area contributed by atoms with E-state index in [0.29, 0.717) is 25.3 Å². The van der Waals surface area contributed by atoms with Crippen LogP contribution in [-0.4, -0.2) is 39.8 Å². The summed E-state index contributed by atoms with van der Waals surface area (Å²) >= 11 is 0. The fraction of sp³-hybridized carbons (Fsp3) is 0.308. The lowest BCUT2D eigenvalue weighted by Gasteiger charge is -2.07. The number of aromatic carboxylic acids is 1. The van der Waals surface area contributed by atoms with Gasteiger partial charge in [-0.15, -0.1) is 5.10 Å². The average molecular weight is 279 g/mol. The van der Waals surface area contributed by atoms with E-state index in [9.17, 15) is 9.18 Å². The minimum absolute atomic E-state index is 0.0795. The highest BCUT2D eigenvalue weighted by atomic mass is 19.1. The highest BCUT2D eigenvalue weighted by Gasteiger charge is 2.18. The number of carboxylic acids is 1. The predicted octanol–water partition coefficient (Wildman–Crippen LogP) is 1.35. The Balaban J connectivity index is 2.26. The van der Waals surface area contributed by atoms with Crippen molar-refractivity contribution in [2.45, 2.75) is 13.0 Å². The van der Waals surface area contributed by atoms with E-state index < -0.39 is 5.97 Å². The maximum Gasteiger partial charge on any atom is 0.358 e. The van der Waals surface area contributed by atoms with Crippen LogP contribution in [0.2, 0.25) is 0 Å². The summed E-state index contributed by atoms with van der Waals surface area (Å²) in [6, 6.07) is 5.94. The van der Waals surface area contributed by atoms with E-state index in [1.165, 1.54) is 23.9 Å². The number of carboxylic acid groups (broad SMARTS) is 1. The Hall–Kier alpha value is -2.28. The Morgan fingerprint density at radius 2 is 2.10 bits per heavy atom. The van der Waals surface area contributed by atoms with E-state index in [0.717, 1.165) is 5.56 Å². The van der Waals surface area contributed by atoms with E-state index in [1.54, 1.807) is 12.1 Å². The SMILES string of the molecule is COCCc1c(C(=O)O)nnn1Cc1ccc(F)cc1. The van der Waals surface area contributed by atoms with E-state index in [4.69, 9.17) is 9.84 Å². The molecule has 0 amide bonds. The van der Waals surface area contributed by atoms with E-state index in [2.05, 4.69) is 10.3 Å². The number of ether oxygens (including phenoxy) is 1. The van der Waals surface area contributed by atoms with Crippen LogP contribution in [0.25, 0.3) is 0 Å². The molecule has 0 spiro atoms. The normalized spacial score (nSPS) is 10.7. The second-order valence-electron chi connectivity index (χ2n) is 4.22. The van der Waals surface area contributed by atoms with Crippen molar-refractivity contribution in [3.05, 3.63) is 47.0 Å². The third-order valence-electron chi connectivity index (χ3n) is 2.83. The molecule has 1 heterocycles. The van der Waals surface area contributed by atoms with Gasteiger partial charge in [0.15, 0.2) is 5.69 Å². The first-order valence-corrected chi connectivity index (χ1v) is 6.01. The van der Waals surface area contributed by atoms with Crippen LogP contribution in [0.4, 0.5) is 4.39 Å². The molecule has 7 heteroatoms. The minimum Gasteiger partial charge on any atom is -0.476 e. The quantitative estimate of drug-likeness (QED) is 0.863. The first-order valence-electron chi connectivity index (χ1n) is 6.01. The summed E-state index contributed by atoms with van der Waals surface area (Å²) in [5.74, 6) is -1.44. The van der Waals surface area contributed by atoms with Crippen LogP contribution in [0.5, 0.6) is 0 Å². The lowest BCUT2D eigenvalue weighted by molar-refractivity contribution is 0.0688. The van der Waals surface area contributed by atoms with Gasteiger partial charge in [-0.2, -0.15) is 0 Å². The molecule has 2 aromatic rings. The van der Waals surface area contributed by atoms with Crippen LogP contribution < -0.4 is 0 Å². The van der Waals surface area contributed by atoms with Gasteiger partial charge in [-0.25, -0.2) is 13.9 Å². The first kappa shape index (κ1) is 14.1. The summed E-state index contributed by atoms with van der Waals surface area (Å²) in [6.07, 6.45) is 0.395. The van der Waals surface area contributed by atoms with Crippen molar-refractivity contribution in [2.75, 3.05) is 13.7 Å². The molecule has 0 aliphatic rings. The standard InChI is InChI=1S/C13H14FN3O3/c1-20-7-6-11-12(13(18)19)15-16-17(11)8-9-2-4-10(14)5-3-9/h2-5H,6-8H2,1H3,(H,18,19). The summed E-state index contributed by atoms with van der Waals surface area (Å²) in [5.41, 5.74) is 1.22. The van der Waals surface area contributed by atoms with Crippen LogP contribution in [0, 0.1) is 5.82 Å². The molecule has 0 aliphatic heterocycles. The molecule has 0 atom stereocenters. The number of rotatable bonds is 6. The Bertz CT molecular complexity index is 595. The first-order chi connectivity index (χ1) is 9.61. The molecule has 0 unspecified atom stereocenters. The highest BCUT2D eigenvalue weighted by molar-refractivity contribution is 5.86. The zero-order valence-corrected chi connectivity index (χ0v) is 10.9. The monoisotopic (exact) mass is 279 g/mol. The largest absolute Gasteiger partial charge is 0.476 e. The minimum atomic E-state index is -1.12. The summed E-state index contributed by atoms with van der Waals surface area (Å²) < 4.78 is 19.3. The van der Waals surface area contributed by atoms with Gasteiger partial charge in [0.05, 0.1) is 18.8 Å². The van der Waals surface area contributed by atoms with Gasteiger partial charge >= 0.3 is 5.97 Å². The molecular weight excluding hydrogens is 265 g/mol. The van der Waals surface area contributed by atoms with Crippen molar-refractivity contribution in [2.24, 2.45) is 0 Å². The third kappa shape index (κ3) is 3.18. The topological polar surface area (TPSA) is 77.2 Å². The van der Waals surface area contributed by atoms with Gasteiger partial charge in [0.1, 0.15) is 5.82 Å². The van der Waals surface area contributed by atoms with Gasteiger partial charge in [0.2, 0.25) is 0 Å². The fourth-order valence-corrected chi connectivity index (χ4v) is 1.83. The zero-order valence-electron chi connectivity index (χ0n) is 10.9. The second kappa shape index (κ2) is 6.25. The second-order valence-corrected chi connectivity index (χ2v) is 4.22. The lowest BCUT2D eigenvalue weighted by Crippen LogP contribution is -2.11. The number of benzene rings is 1. The summed E-state index contributed by atoms with van der Waals surface area (Å²) in [7, 11) is 1.54. The molecule has 106 valence electrons. The Morgan fingerprint density at radius 3 is 2.70 bits per heavy atom. The molecule has 0 aliphatic carbocycles. The van der Waals surface area contributed by atoms with Crippen molar-refractivity contribution < 1.29 is 19.0 Å². The Kier molecular flexibility index (Phi) is 4.41. The van der Waals surface area contributed by atoms with Gasteiger partial charge in [0.25, 0.3) is 0 Å². The molecule has 6 nitrogen and oxygen atoms in total. The number of methoxy groups -OCH3 is 1. The summed E-state index contributed by atoms with van der Waals surface area (Å²) in [4.78, 5) is 11.1. The van der Waals surface area contributed by atoms with Crippen molar-refractivity contribution in [3.63, 3.8) is 0 Å². The maximum atomic E-state index is 12.9. The van der Waals surface area contributed by atoms with Crippen LogP contribution >= 0.6 is 0 Å². The highest BCUT2D eigenvalue weighted by Crippen LogP contribution is 2.11. The Labute approximate surface area is 114 Å². The van der Waals surface area contributed by atoms with Crippen molar-refractivity contribution in [1.29, 1.82) is 0 Å². The number of hydrogen-bond donors (Lipinski definition) is 1. The molecule has 0 radical (unpaired) electrons. The smallest absolute Gasteiger partial charge is 0.358 e. The third-order valence-corrected chi connectivity index (χ3v) is 2.83. The molecular formula is C13H14FN3O3. The van der Waals surface area contributed by atoms with Gasteiger partial charge < -0.3 is 9.84 Å². The summed E-state index contributed by atoms with van der Waals surface area (Å²) in [6.45, 7) is 0.705. The van der Waals surface area contributed by atoms with E-state index >= 15 is 0 Å². The molecule has 1 aromatic carbocycles. The molecule has 1 aromatic heterocycles. The van der Waals surface area contributed by atoms with Gasteiger partial charge in [-0.05, 0) is 17.7 Å². The molecule has 2 rings (SSSR count). The van der Waals surface area contributed by atoms with Crippen molar-refractivity contribution in [1.82, 2.24) is 15.0 Å². The number of aromatic nitrogens is 3. The number of nitrogens with zero attached hydrogens (tertiary/aromatic N) is 3. The van der Waals surface area contributed by atoms with E-state index in [1.807, 2.05) is 0 Å². The maximum absolute atomic E-state index is 12.9. The molecule has 0 bridgehead atoms. The number of halogens is 1. The zero-order chi connectivity index (χ0) is 14.5. The molecule has 20 heavy (non-hydrogen) atoms. The lowest BCUT2D eigenvalue weighted by atomic mass is 10.2. The van der Waals surface area contributed by atoms with E-state index in [-0.39, 0.29) is 11.5 Å². The van der Waals surface area contributed by atoms with Gasteiger partial charge in [-0.3, -0.25) is 0 Å². The fourth-order valence-electron chi connectivity index (χ4n) is 1.83. The molecule has 0 saturated carbocycles. The number of hydrogen-bond acceptors (Lipinski definition) is 4. The van der Waals surface area contributed by atoms with Crippen LogP contribution in [-0.2, 0) is 17.7 Å². The van der Waals surface area contributed by atoms with Crippen molar-refractivity contribution >= 4 is 5.97 Å². The van der Waals surface area contributed by atoms with Gasteiger partial charge in [0, 0.05) is 13.5 Å². The number of carbonyl (C=O) groups is 1. The Morgan fingerprint density at radius 1 is 1.40 bits per heavy atom. The predicted molar refractivity (Wildman–Crippen MR) is 68.1 cm³/mol. The molecule has 0 saturated heterocycles. The van der Waals surface area contributed by atoms with Crippen LogP contribution in [0.3, 0.4) is 0 Å². The summed E-state index contributed by atoms with van der Waals surface area (Å²) in [5, 5.41) is 16.6. The molecule has 0 fully saturated rings. The van der Waals surface area contributed by atoms with Crippen molar-refractivity contribution in [3.8, 4) is 0 Å². The van der Waals surface area contributed by atoms with Crippen LogP contribution in [0.1, 0.15) is 21.7 Å². The van der Waals surface area contributed by atoms with Gasteiger partial charge in [-0.1, -0.05) is 17.3 Å². The molecule has 1 N–H and O–H groups in total. The van der Waals surface area contributed by atoms with Crippen LogP contribution in [0.15, 0.2) is 24.3 Å².